The van der Waals surface area contributed by atoms with E-state index in [0.717, 1.165) is 27.9 Å². The highest BCUT2D eigenvalue weighted by Gasteiger charge is 2.15. The second-order valence-electron chi connectivity index (χ2n) is 3.95. The van der Waals surface area contributed by atoms with E-state index < -0.39 is 0 Å². The number of rotatable bonds is 4. The molecule has 0 saturated carbocycles. The Bertz CT molecular complexity index is 396. The van der Waals surface area contributed by atoms with E-state index >= 15 is 0 Å². The van der Waals surface area contributed by atoms with Crippen LogP contribution in [0.5, 0.6) is 5.75 Å². The Kier molecular flexibility index (Phi) is 3.78. The summed E-state index contributed by atoms with van der Waals surface area (Å²) in [5.74, 6) is 0.337. The first-order chi connectivity index (χ1) is 7.54. The average Bonchev–Trinajstić information content (AvgIpc) is 2.28. The number of hydrogen-bond acceptors (Lipinski definition) is 2. The number of benzene rings is 1. The molecule has 0 unspecified atom stereocenters. The largest absolute Gasteiger partial charge is 0.507 e. The molecule has 16 heavy (non-hydrogen) atoms. The van der Waals surface area contributed by atoms with Crippen LogP contribution < -0.4 is 5.73 Å². The lowest BCUT2D eigenvalue weighted by atomic mass is 9.92. The molecule has 0 atom stereocenters. The third-order valence-electron chi connectivity index (χ3n) is 2.98. The van der Waals surface area contributed by atoms with E-state index in [4.69, 9.17) is 5.73 Å². The SMILES string of the molecule is C=CCc1c(C)c(N)c(C)c(CC=C)c1O. The molecule has 1 rings (SSSR count). The van der Waals surface area contributed by atoms with Gasteiger partial charge in [0.1, 0.15) is 5.75 Å². The number of phenolic OH excluding ortho intramolecular Hbond substituents is 1. The van der Waals surface area contributed by atoms with Crippen molar-refractivity contribution in [3.8, 4) is 5.75 Å². The van der Waals surface area contributed by atoms with Crippen molar-refractivity contribution >= 4 is 5.69 Å². The van der Waals surface area contributed by atoms with Crippen LogP contribution in [0.2, 0.25) is 0 Å². The van der Waals surface area contributed by atoms with E-state index in [9.17, 15) is 5.11 Å². The van der Waals surface area contributed by atoms with Gasteiger partial charge in [0.25, 0.3) is 0 Å². The van der Waals surface area contributed by atoms with Gasteiger partial charge in [-0.1, -0.05) is 12.2 Å². The maximum absolute atomic E-state index is 10.2. The number of allylic oxidation sites excluding steroid dienone is 2. The predicted molar refractivity (Wildman–Crippen MR) is 69.8 cm³/mol. The number of nitrogens with two attached hydrogens (primary N) is 1. The minimum Gasteiger partial charge on any atom is -0.507 e. The first kappa shape index (κ1) is 12.4. The van der Waals surface area contributed by atoms with Crippen LogP contribution in [0.4, 0.5) is 5.69 Å². The Morgan fingerprint density at radius 1 is 1.06 bits per heavy atom. The number of aromatic hydroxyl groups is 1. The summed E-state index contributed by atoms with van der Waals surface area (Å²) in [6, 6.07) is 0. The average molecular weight is 217 g/mol. The molecule has 1 aromatic carbocycles. The molecule has 2 heteroatoms. The molecular weight excluding hydrogens is 198 g/mol. The van der Waals surface area contributed by atoms with E-state index in [1.54, 1.807) is 12.2 Å². The lowest BCUT2D eigenvalue weighted by Gasteiger charge is -2.17. The first-order valence-corrected chi connectivity index (χ1v) is 5.35. The predicted octanol–water partition coefficient (Wildman–Crippen LogP) is 3.05. The molecule has 0 saturated heterocycles. The fraction of sp³-hybridized carbons (Fsp3) is 0.286. The lowest BCUT2D eigenvalue weighted by Crippen LogP contribution is -2.03. The molecule has 0 aliphatic carbocycles. The second-order valence-corrected chi connectivity index (χ2v) is 3.95. The summed E-state index contributed by atoms with van der Waals surface area (Å²) >= 11 is 0. The molecule has 0 heterocycles. The van der Waals surface area contributed by atoms with Crippen molar-refractivity contribution in [3.05, 3.63) is 47.6 Å². The summed E-state index contributed by atoms with van der Waals surface area (Å²) in [4.78, 5) is 0. The summed E-state index contributed by atoms with van der Waals surface area (Å²) in [5.41, 5.74) is 10.4. The van der Waals surface area contributed by atoms with E-state index in [1.165, 1.54) is 0 Å². The van der Waals surface area contributed by atoms with E-state index in [0.29, 0.717) is 18.6 Å². The van der Waals surface area contributed by atoms with Gasteiger partial charge >= 0.3 is 0 Å². The molecule has 2 nitrogen and oxygen atoms in total. The van der Waals surface area contributed by atoms with Crippen LogP contribution in [-0.4, -0.2) is 5.11 Å². The van der Waals surface area contributed by atoms with Gasteiger partial charge in [-0.05, 0) is 37.8 Å². The smallest absolute Gasteiger partial charge is 0.123 e. The molecule has 0 bridgehead atoms. The maximum Gasteiger partial charge on any atom is 0.123 e. The molecule has 0 amide bonds. The van der Waals surface area contributed by atoms with Crippen molar-refractivity contribution in [2.45, 2.75) is 26.7 Å². The minimum absolute atomic E-state index is 0.337. The topological polar surface area (TPSA) is 46.2 Å². The molecule has 1 aromatic rings. The minimum atomic E-state index is 0.337. The van der Waals surface area contributed by atoms with E-state index in [2.05, 4.69) is 13.2 Å². The Morgan fingerprint density at radius 2 is 1.44 bits per heavy atom. The van der Waals surface area contributed by atoms with Gasteiger partial charge < -0.3 is 10.8 Å². The molecule has 0 spiro atoms. The van der Waals surface area contributed by atoms with Crippen LogP contribution in [0.15, 0.2) is 25.3 Å². The van der Waals surface area contributed by atoms with E-state index in [1.807, 2.05) is 13.8 Å². The number of hydrogen-bond donors (Lipinski definition) is 2. The van der Waals surface area contributed by atoms with Crippen LogP contribution in [0.3, 0.4) is 0 Å². The summed E-state index contributed by atoms with van der Waals surface area (Å²) in [5, 5.41) is 10.2. The third-order valence-corrected chi connectivity index (χ3v) is 2.98. The van der Waals surface area contributed by atoms with Crippen LogP contribution in [0.1, 0.15) is 22.3 Å². The molecule has 0 aromatic heterocycles. The van der Waals surface area contributed by atoms with Gasteiger partial charge in [0.2, 0.25) is 0 Å². The Morgan fingerprint density at radius 3 is 1.75 bits per heavy atom. The van der Waals surface area contributed by atoms with Crippen LogP contribution in [0, 0.1) is 13.8 Å². The Labute approximate surface area is 97.1 Å². The van der Waals surface area contributed by atoms with Gasteiger partial charge in [-0.2, -0.15) is 0 Å². The van der Waals surface area contributed by atoms with Gasteiger partial charge in [0.05, 0.1) is 0 Å². The zero-order valence-corrected chi connectivity index (χ0v) is 10.0. The molecular formula is C14H19NO. The lowest BCUT2D eigenvalue weighted by molar-refractivity contribution is 0.463. The molecule has 0 aliphatic rings. The van der Waals surface area contributed by atoms with Gasteiger partial charge in [-0.25, -0.2) is 0 Å². The fourth-order valence-electron chi connectivity index (χ4n) is 1.93. The molecule has 86 valence electrons. The molecule has 0 radical (unpaired) electrons. The van der Waals surface area contributed by atoms with Crippen LogP contribution in [-0.2, 0) is 12.8 Å². The fourth-order valence-corrected chi connectivity index (χ4v) is 1.93. The number of nitrogen functional groups attached to an aromatic ring is 1. The van der Waals surface area contributed by atoms with Gasteiger partial charge in [0, 0.05) is 16.8 Å². The van der Waals surface area contributed by atoms with Crippen molar-refractivity contribution in [2.24, 2.45) is 0 Å². The quantitative estimate of drug-likeness (QED) is 0.462. The van der Waals surface area contributed by atoms with Crippen molar-refractivity contribution in [1.82, 2.24) is 0 Å². The zero-order valence-electron chi connectivity index (χ0n) is 10.0. The Hall–Kier alpha value is -1.70. The monoisotopic (exact) mass is 217 g/mol. The highest BCUT2D eigenvalue weighted by atomic mass is 16.3. The summed E-state index contributed by atoms with van der Waals surface area (Å²) in [6.45, 7) is 11.2. The van der Waals surface area contributed by atoms with E-state index in [-0.39, 0.29) is 0 Å². The van der Waals surface area contributed by atoms with Crippen molar-refractivity contribution in [1.29, 1.82) is 0 Å². The molecule has 0 fully saturated rings. The second kappa shape index (κ2) is 4.88. The van der Waals surface area contributed by atoms with Crippen molar-refractivity contribution in [2.75, 3.05) is 5.73 Å². The third kappa shape index (κ3) is 1.96. The maximum atomic E-state index is 10.2. The van der Waals surface area contributed by atoms with Crippen molar-refractivity contribution in [3.63, 3.8) is 0 Å². The van der Waals surface area contributed by atoms with Crippen LogP contribution >= 0.6 is 0 Å². The standard InChI is InChI=1S/C14H19NO/c1-5-7-11-9(3)13(15)10(4)12(8-6-2)14(11)16/h5-6,16H,1-2,7-8,15H2,3-4H3. The number of phenols is 1. The summed E-state index contributed by atoms with van der Waals surface area (Å²) in [6.07, 6.45) is 4.81. The molecule has 0 aliphatic heterocycles. The normalized spacial score (nSPS) is 10.1. The van der Waals surface area contributed by atoms with Crippen LogP contribution in [0.25, 0.3) is 0 Å². The summed E-state index contributed by atoms with van der Waals surface area (Å²) in [7, 11) is 0. The highest BCUT2D eigenvalue weighted by Crippen LogP contribution is 2.35. The number of anilines is 1. The van der Waals surface area contributed by atoms with Gasteiger partial charge in [-0.15, -0.1) is 13.2 Å². The summed E-state index contributed by atoms with van der Waals surface area (Å²) < 4.78 is 0. The Balaban J connectivity index is 3.50. The highest BCUT2D eigenvalue weighted by molar-refractivity contribution is 5.65. The zero-order chi connectivity index (χ0) is 12.3. The van der Waals surface area contributed by atoms with Gasteiger partial charge in [-0.3, -0.25) is 0 Å². The van der Waals surface area contributed by atoms with Crippen molar-refractivity contribution < 1.29 is 5.11 Å². The first-order valence-electron chi connectivity index (χ1n) is 5.35. The molecule has 3 N–H and O–H groups in total. The van der Waals surface area contributed by atoms with Gasteiger partial charge in [0.15, 0.2) is 0 Å².